The van der Waals surface area contributed by atoms with Gasteiger partial charge in [-0.2, -0.15) is 0 Å². The van der Waals surface area contributed by atoms with Crippen LogP contribution in [0.2, 0.25) is 0 Å². The molecule has 0 aliphatic heterocycles. The van der Waals surface area contributed by atoms with Gasteiger partial charge in [-0.25, -0.2) is 9.97 Å². The normalized spacial score (nSPS) is 22.5. The number of rotatable bonds is 4. The predicted octanol–water partition coefficient (Wildman–Crippen LogP) is 5.21. The molecule has 1 aromatic rings. The SMILES string of the molecule is Cc1ncc(NC(C)C2CCC2)c(C2CCCCCCC2)n1. The Labute approximate surface area is 135 Å². The van der Waals surface area contributed by atoms with Crippen molar-refractivity contribution in [3.8, 4) is 0 Å². The first-order chi connectivity index (χ1) is 10.7. The molecule has 2 saturated carbocycles. The molecule has 1 atom stereocenters. The average molecular weight is 301 g/mol. The highest BCUT2D eigenvalue weighted by Crippen LogP contribution is 2.36. The van der Waals surface area contributed by atoms with E-state index in [1.807, 2.05) is 13.1 Å². The van der Waals surface area contributed by atoms with Crippen molar-refractivity contribution in [3.05, 3.63) is 17.7 Å². The van der Waals surface area contributed by atoms with Crippen molar-refractivity contribution in [1.82, 2.24) is 9.97 Å². The molecule has 0 amide bonds. The first kappa shape index (κ1) is 15.8. The maximum atomic E-state index is 4.85. The quantitative estimate of drug-likeness (QED) is 0.829. The summed E-state index contributed by atoms with van der Waals surface area (Å²) >= 11 is 0. The smallest absolute Gasteiger partial charge is 0.125 e. The van der Waals surface area contributed by atoms with Crippen molar-refractivity contribution in [1.29, 1.82) is 0 Å². The lowest BCUT2D eigenvalue weighted by Crippen LogP contribution is -2.31. The van der Waals surface area contributed by atoms with Gasteiger partial charge in [0.05, 0.1) is 17.6 Å². The van der Waals surface area contributed by atoms with Gasteiger partial charge >= 0.3 is 0 Å². The fraction of sp³-hybridized carbons (Fsp3) is 0.789. The molecule has 0 radical (unpaired) electrons. The van der Waals surface area contributed by atoms with Crippen LogP contribution in [-0.4, -0.2) is 16.0 Å². The van der Waals surface area contributed by atoms with Gasteiger partial charge in [0.25, 0.3) is 0 Å². The van der Waals surface area contributed by atoms with E-state index in [4.69, 9.17) is 4.98 Å². The van der Waals surface area contributed by atoms with Crippen LogP contribution in [0.25, 0.3) is 0 Å². The summed E-state index contributed by atoms with van der Waals surface area (Å²) in [5.74, 6) is 2.38. The molecule has 1 unspecified atom stereocenters. The molecule has 3 nitrogen and oxygen atoms in total. The Morgan fingerprint density at radius 1 is 1.00 bits per heavy atom. The summed E-state index contributed by atoms with van der Waals surface area (Å²) in [7, 11) is 0. The number of aryl methyl sites for hydroxylation is 1. The highest BCUT2D eigenvalue weighted by Gasteiger charge is 2.26. The molecule has 1 N–H and O–H groups in total. The van der Waals surface area contributed by atoms with Crippen molar-refractivity contribution in [2.45, 2.75) is 90.0 Å². The molecule has 0 bridgehead atoms. The van der Waals surface area contributed by atoms with E-state index >= 15 is 0 Å². The van der Waals surface area contributed by atoms with Gasteiger partial charge < -0.3 is 5.32 Å². The monoisotopic (exact) mass is 301 g/mol. The molecule has 2 aliphatic rings. The van der Waals surface area contributed by atoms with Crippen molar-refractivity contribution < 1.29 is 0 Å². The molecule has 22 heavy (non-hydrogen) atoms. The third-order valence-corrected chi connectivity index (χ3v) is 5.67. The van der Waals surface area contributed by atoms with Crippen LogP contribution in [0, 0.1) is 12.8 Å². The van der Waals surface area contributed by atoms with Crippen LogP contribution in [0.15, 0.2) is 6.20 Å². The van der Waals surface area contributed by atoms with Gasteiger partial charge in [-0.3, -0.25) is 0 Å². The topological polar surface area (TPSA) is 37.8 Å². The number of anilines is 1. The summed E-state index contributed by atoms with van der Waals surface area (Å²) in [5.41, 5.74) is 2.50. The number of nitrogens with zero attached hydrogens (tertiary/aromatic N) is 2. The third kappa shape index (κ3) is 3.80. The maximum Gasteiger partial charge on any atom is 0.125 e. The minimum atomic E-state index is 0.548. The molecule has 3 rings (SSSR count). The van der Waals surface area contributed by atoms with Crippen LogP contribution in [0.4, 0.5) is 5.69 Å². The Hall–Kier alpha value is -1.12. The standard InChI is InChI=1S/C19H31N3/c1-14(16-11-8-12-16)21-18-13-20-15(2)22-19(18)17-9-6-4-3-5-7-10-17/h13-14,16-17,21H,3-12H2,1-2H3. The van der Waals surface area contributed by atoms with Gasteiger partial charge in [0.1, 0.15) is 5.82 Å². The molecule has 122 valence electrons. The predicted molar refractivity (Wildman–Crippen MR) is 92.3 cm³/mol. The molecule has 2 fully saturated rings. The third-order valence-electron chi connectivity index (χ3n) is 5.67. The van der Waals surface area contributed by atoms with E-state index < -0.39 is 0 Å². The first-order valence-corrected chi connectivity index (χ1v) is 9.34. The van der Waals surface area contributed by atoms with Gasteiger partial charge in [-0.1, -0.05) is 38.5 Å². The summed E-state index contributed by atoms with van der Waals surface area (Å²) in [5, 5.41) is 3.75. The fourth-order valence-corrected chi connectivity index (χ4v) is 3.94. The zero-order chi connectivity index (χ0) is 15.4. The van der Waals surface area contributed by atoms with E-state index in [-0.39, 0.29) is 0 Å². The second-order valence-electron chi connectivity index (χ2n) is 7.38. The molecule has 3 heteroatoms. The molecule has 0 saturated heterocycles. The molecule has 0 spiro atoms. The van der Waals surface area contributed by atoms with Crippen LogP contribution in [0.3, 0.4) is 0 Å². The maximum absolute atomic E-state index is 4.85. The largest absolute Gasteiger partial charge is 0.380 e. The van der Waals surface area contributed by atoms with Crippen molar-refractivity contribution >= 4 is 5.69 Å². The Kier molecular flexibility index (Phi) is 5.32. The Morgan fingerprint density at radius 2 is 1.68 bits per heavy atom. The molecular weight excluding hydrogens is 270 g/mol. The molecule has 1 heterocycles. The highest BCUT2D eigenvalue weighted by molar-refractivity contribution is 5.48. The summed E-state index contributed by atoms with van der Waals surface area (Å²) in [6.07, 6.45) is 15.7. The lowest BCUT2D eigenvalue weighted by atomic mass is 9.80. The number of hydrogen-bond acceptors (Lipinski definition) is 3. The van der Waals surface area contributed by atoms with E-state index in [1.54, 1.807) is 0 Å². The zero-order valence-electron chi connectivity index (χ0n) is 14.3. The Morgan fingerprint density at radius 3 is 2.32 bits per heavy atom. The zero-order valence-corrected chi connectivity index (χ0v) is 14.3. The fourth-order valence-electron chi connectivity index (χ4n) is 3.94. The van der Waals surface area contributed by atoms with E-state index in [1.165, 1.54) is 75.6 Å². The van der Waals surface area contributed by atoms with E-state index in [0.29, 0.717) is 12.0 Å². The summed E-state index contributed by atoms with van der Waals surface area (Å²) in [4.78, 5) is 9.31. The summed E-state index contributed by atoms with van der Waals surface area (Å²) in [6.45, 7) is 4.34. The summed E-state index contributed by atoms with van der Waals surface area (Å²) in [6, 6.07) is 0.548. The van der Waals surface area contributed by atoms with Gasteiger partial charge in [0.2, 0.25) is 0 Å². The van der Waals surface area contributed by atoms with Crippen molar-refractivity contribution in [2.75, 3.05) is 5.32 Å². The number of hydrogen-bond donors (Lipinski definition) is 1. The van der Waals surface area contributed by atoms with Crippen molar-refractivity contribution in [3.63, 3.8) is 0 Å². The molecule has 1 aromatic heterocycles. The Bertz CT molecular complexity index is 474. The lowest BCUT2D eigenvalue weighted by molar-refractivity contribution is 0.285. The van der Waals surface area contributed by atoms with Gasteiger partial charge in [-0.05, 0) is 45.4 Å². The average Bonchev–Trinajstić information content (AvgIpc) is 2.39. The minimum absolute atomic E-state index is 0.548. The summed E-state index contributed by atoms with van der Waals surface area (Å²) < 4.78 is 0. The van der Waals surface area contributed by atoms with Crippen LogP contribution in [0.5, 0.6) is 0 Å². The Balaban J connectivity index is 1.76. The molecule has 0 aromatic carbocycles. The highest BCUT2D eigenvalue weighted by atomic mass is 15.0. The molecular formula is C19H31N3. The number of nitrogens with one attached hydrogen (secondary N) is 1. The van der Waals surface area contributed by atoms with Gasteiger partial charge in [0.15, 0.2) is 0 Å². The van der Waals surface area contributed by atoms with Crippen LogP contribution in [-0.2, 0) is 0 Å². The second-order valence-corrected chi connectivity index (χ2v) is 7.38. The van der Waals surface area contributed by atoms with Gasteiger partial charge in [0, 0.05) is 12.0 Å². The van der Waals surface area contributed by atoms with E-state index in [0.717, 1.165) is 11.7 Å². The van der Waals surface area contributed by atoms with Crippen LogP contribution >= 0.6 is 0 Å². The lowest BCUT2D eigenvalue weighted by Gasteiger charge is -2.33. The van der Waals surface area contributed by atoms with Gasteiger partial charge in [-0.15, -0.1) is 0 Å². The second kappa shape index (κ2) is 7.43. The molecule has 2 aliphatic carbocycles. The van der Waals surface area contributed by atoms with Crippen LogP contribution < -0.4 is 5.32 Å². The van der Waals surface area contributed by atoms with E-state index in [2.05, 4.69) is 17.2 Å². The van der Waals surface area contributed by atoms with Crippen LogP contribution in [0.1, 0.15) is 88.6 Å². The number of aromatic nitrogens is 2. The first-order valence-electron chi connectivity index (χ1n) is 9.34. The van der Waals surface area contributed by atoms with Crippen molar-refractivity contribution in [2.24, 2.45) is 5.92 Å². The minimum Gasteiger partial charge on any atom is -0.380 e. The van der Waals surface area contributed by atoms with E-state index in [9.17, 15) is 0 Å².